The van der Waals surface area contributed by atoms with Crippen molar-refractivity contribution < 1.29 is 0 Å². The molecule has 0 bridgehead atoms. The molecule has 0 fully saturated rings. The van der Waals surface area contributed by atoms with Crippen LogP contribution in [0.15, 0.2) is 53.3 Å². The smallest absolute Gasteiger partial charge is 0.0583 e. The van der Waals surface area contributed by atoms with Gasteiger partial charge in [0.2, 0.25) is 0 Å². The van der Waals surface area contributed by atoms with Crippen LogP contribution in [0.5, 0.6) is 0 Å². The van der Waals surface area contributed by atoms with Crippen molar-refractivity contribution >= 4 is 26.7 Å². The van der Waals surface area contributed by atoms with Crippen LogP contribution in [-0.4, -0.2) is 9.78 Å². The van der Waals surface area contributed by atoms with E-state index in [2.05, 4.69) is 64.4 Å². The van der Waals surface area contributed by atoms with E-state index < -0.39 is 0 Å². The van der Waals surface area contributed by atoms with E-state index in [-0.39, 0.29) is 6.04 Å². The molecule has 1 atom stereocenters. The highest BCUT2D eigenvalue weighted by Crippen LogP contribution is 2.25. The van der Waals surface area contributed by atoms with E-state index >= 15 is 0 Å². The molecule has 108 valence electrons. The van der Waals surface area contributed by atoms with Crippen LogP contribution in [0, 0.1) is 0 Å². The molecule has 3 rings (SSSR count). The topological polar surface area (TPSA) is 43.8 Å². The van der Waals surface area contributed by atoms with Crippen molar-refractivity contribution in [2.45, 2.75) is 25.9 Å². The van der Waals surface area contributed by atoms with Crippen molar-refractivity contribution in [1.29, 1.82) is 0 Å². The highest BCUT2D eigenvalue weighted by atomic mass is 79.9. The van der Waals surface area contributed by atoms with E-state index in [9.17, 15) is 0 Å². The number of fused-ring (bicyclic) bond motifs is 1. The van der Waals surface area contributed by atoms with E-state index in [1.165, 1.54) is 10.8 Å². The Morgan fingerprint density at radius 2 is 1.90 bits per heavy atom. The molecular weight excluding hydrogens is 326 g/mol. The average Bonchev–Trinajstić information content (AvgIpc) is 2.95. The standard InChI is InChI=1S/C17H18BrN3/c1-2-7-21-11-15(10-20-21)17(19)14-4-3-13-9-16(18)6-5-12(13)8-14/h3-6,8-11,17H,2,7,19H2,1H3. The Labute approximate surface area is 132 Å². The molecule has 3 nitrogen and oxygen atoms in total. The zero-order valence-corrected chi connectivity index (χ0v) is 13.5. The van der Waals surface area contributed by atoms with Gasteiger partial charge in [-0.25, -0.2) is 0 Å². The van der Waals surface area contributed by atoms with Crippen molar-refractivity contribution in [3.8, 4) is 0 Å². The fourth-order valence-corrected chi connectivity index (χ4v) is 2.89. The van der Waals surface area contributed by atoms with Crippen LogP contribution in [-0.2, 0) is 6.54 Å². The number of aryl methyl sites for hydroxylation is 1. The van der Waals surface area contributed by atoms with Crippen molar-refractivity contribution in [3.63, 3.8) is 0 Å². The third-order valence-corrected chi connectivity index (χ3v) is 4.14. The largest absolute Gasteiger partial charge is 0.320 e. The number of hydrogen-bond donors (Lipinski definition) is 1. The second-order valence-corrected chi connectivity index (χ2v) is 6.18. The molecule has 0 amide bonds. The van der Waals surface area contributed by atoms with Crippen LogP contribution in [0.25, 0.3) is 10.8 Å². The number of benzene rings is 2. The van der Waals surface area contributed by atoms with Crippen molar-refractivity contribution in [3.05, 3.63) is 64.4 Å². The van der Waals surface area contributed by atoms with Crippen molar-refractivity contribution in [2.75, 3.05) is 0 Å². The van der Waals surface area contributed by atoms with Gasteiger partial charge in [0, 0.05) is 22.8 Å². The maximum Gasteiger partial charge on any atom is 0.0583 e. The van der Waals surface area contributed by atoms with Gasteiger partial charge in [0.1, 0.15) is 0 Å². The van der Waals surface area contributed by atoms with Gasteiger partial charge in [-0.1, -0.05) is 41.1 Å². The molecule has 0 spiro atoms. The minimum Gasteiger partial charge on any atom is -0.320 e. The van der Waals surface area contributed by atoms with Crippen molar-refractivity contribution in [2.24, 2.45) is 5.73 Å². The summed E-state index contributed by atoms with van der Waals surface area (Å²) in [7, 11) is 0. The van der Waals surface area contributed by atoms with E-state index in [1.807, 2.05) is 17.1 Å². The number of nitrogens with two attached hydrogens (primary N) is 1. The minimum atomic E-state index is -0.136. The molecule has 0 saturated carbocycles. The summed E-state index contributed by atoms with van der Waals surface area (Å²) in [6, 6.07) is 12.5. The SMILES string of the molecule is CCCn1cc(C(N)c2ccc3cc(Br)ccc3c2)cn1. The molecule has 21 heavy (non-hydrogen) atoms. The first-order valence-electron chi connectivity index (χ1n) is 7.14. The summed E-state index contributed by atoms with van der Waals surface area (Å²) in [6.07, 6.45) is 4.98. The van der Waals surface area contributed by atoms with Crippen LogP contribution in [0.3, 0.4) is 0 Å². The normalized spacial score (nSPS) is 12.7. The van der Waals surface area contributed by atoms with Gasteiger partial charge in [0.25, 0.3) is 0 Å². The molecule has 0 aliphatic carbocycles. The quantitative estimate of drug-likeness (QED) is 0.769. The summed E-state index contributed by atoms with van der Waals surface area (Å²) in [5.74, 6) is 0. The summed E-state index contributed by atoms with van der Waals surface area (Å²) in [4.78, 5) is 0. The lowest BCUT2D eigenvalue weighted by atomic mass is 9.99. The van der Waals surface area contributed by atoms with Crippen LogP contribution >= 0.6 is 15.9 Å². The van der Waals surface area contributed by atoms with E-state index in [1.54, 1.807) is 0 Å². The van der Waals surface area contributed by atoms with Crippen LogP contribution in [0.4, 0.5) is 0 Å². The fraction of sp³-hybridized carbons (Fsp3) is 0.235. The summed E-state index contributed by atoms with van der Waals surface area (Å²) in [5, 5.41) is 6.77. The first-order chi connectivity index (χ1) is 10.2. The maximum atomic E-state index is 6.38. The Morgan fingerprint density at radius 3 is 2.71 bits per heavy atom. The summed E-state index contributed by atoms with van der Waals surface area (Å²) < 4.78 is 3.04. The lowest BCUT2D eigenvalue weighted by molar-refractivity contribution is 0.602. The Hall–Kier alpha value is -1.65. The zero-order valence-electron chi connectivity index (χ0n) is 12.0. The highest BCUT2D eigenvalue weighted by molar-refractivity contribution is 9.10. The molecule has 1 unspecified atom stereocenters. The van der Waals surface area contributed by atoms with E-state index in [4.69, 9.17) is 5.73 Å². The third kappa shape index (κ3) is 3.01. The molecule has 0 aliphatic heterocycles. The minimum absolute atomic E-state index is 0.136. The summed E-state index contributed by atoms with van der Waals surface area (Å²) in [6.45, 7) is 3.07. The van der Waals surface area contributed by atoms with E-state index in [0.717, 1.165) is 28.6 Å². The second-order valence-electron chi connectivity index (χ2n) is 5.27. The second kappa shape index (κ2) is 6.00. The predicted molar refractivity (Wildman–Crippen MR) is 90.2 cm³/mol. The zero-order chi connectivity index (χ0) is 14.8. The Kier molecular flexibility index (Phi) is 4.08. The molecule has 4 heteroatoms. The fourth-order valence-electron chi connectivity index (χ4n) is 2.51. The van der Waals surface area contributed by atoms with Crippen molar-refractivity contribution in [1.82, 2.24) is 9.78 Å². The van der Waals surface area contributed by atoms with Crippen LogP contribution in [0.2, 0.25) is 0 Å². The number of halogens is 1. The Balaban J connectivity index is 1.92. The molecule has 1 heterocycles. The molecule has 0 radical (unpaired) electrons. The monoisotopic (exact) mass is 343 g/mol. The van der Waals surface area contributed by atoms with Crippen LogP contribution in [0.1, 0.15) is 30.5 Å². The number of rotatable bonds is 4. The molecule has 1 aromatic heterocycles. The van der Waals surface area contributed by atoms with Gasteiger partial charge in [-0.3, -0.25) is 4.68 Å². The number of aromatic nitrogens is 2. The molecule has 0 aliphatic rings. The maximum absolute atomic E-state index is 6.38. The summed E-state index contributed by atoms with van der Waals surface area (Å²) >= 11 is 3.50. The van der Waals surface area contributed by atoms with E-state index in [0.29, 0.717) is 0 Å². The summed E-state index contributed by atoms with van der Waals surface area (Å²) in [5.41, 5.74) is 8.55. The third-order valence-electron chi connectivity index (χ3n) is 3.65. The number of hydrogen-bond acceptors (Lipinski definition) is 2. The first kappa shape index (κ1) is 14.3. The van der Waals surface area contributed by atoms with Gasteiger partial charge in [-0.05, 0) is 41.0 Å². The first-order valence-corrected chi connectivity index (χ1v) is 7.94. The Bertz CT molecular complexity index is 764. The van der Waals surface area contributed by atoms with Gasteiger partial charge < -0.3 is 5.73 Å². The lowest BCUT2D eigenvalue weighted by Gasteiger charge is -2.11. The van der Waals surface area contributed by atoms with Gasteiger partial charge >= 0.3 is 0 Å². The number of nitrogens with zero attached hydrogens (tertiary/aromatic N) is 2. The van der Waals surface area contributed by atoms with Gasteiger partial charge in [-0.2, -0.15) is 5.10 Å². The Morgan fingerprint density at radius 1 is 1.14 bits per heavy atom. The lowest BCUT2D eigenvalue weighted by Crippen LogP contribution is -2.11. The predicted octanol–water partition coefficient (Wildman–Crippen LogP) is 4.26. The van der Waals surface area contributed by atoms with Gasteiger partial charge in [-0.15, -0.1) is 0 Å². The molecule has 2 aromatic carbocycles. The van der Waals surface area contributed by atoms with Crippen LogP contribution < -0.4 is 5.73 Å². The molecule has 0 saturated heterocycles. The van der Waals surface area contributed by atoms with Gasteiger partial charge in [0.05, 0.1) is 12.2 Å². The molecule has 2 N–H and O–H groups in total. The average molecular weight is 344 g/mol. The van der Waals surface area contributed by atoms with Gasteiger partial charge in [0.15, 0.2) is 0 Å². The molecular formula is C17H18BrN3. The molecule has 3 aromatic rings. The highest BCUT2D eigenvalue weighted by Gasteiger charge is 2.11.